The van der Waals surface area contributed by atoms with Gasteiger partial charge in [0.2, 0.25) is 0 Å². The fourth-order valence-electron chi connectivity index (χ4n) is 1.38. The quantitative estimate of drug-likeness (QED) is 0.710. The number of aromatic nitrogens is 2. The van der Waals surface area contributed by atoms with Gasteiger partial charge in [-0.3, -0.25) is 4.98 Å². The van der Waals surface area contributed by atoms with E-state index < -0.39 is 0 Å². The Hall–Kier alpha value is -0.870. The van der Waals surface area contributed by atoms with Crippen LogP contribution < -0.4 is 4.90 Å². The standard InChI is InChI=1S/C11H19ClN4/c1-15(2)5-4-6-16(3)11-9-13-8-10(7-12)14-11/h8-9H,4-7H2,1-3H3. The van der Waals surface area contributed by atoms with Gasteiger partial charge in [-0.05, 0) is 27.1 Å². The first-order chi connectivity index (χ1) is 7.63. The average molecular weight is 243 g/mol. The second-order valence-corrected chi connectivity index (χ2v) is 4.35. The Morgan fingerprint density at radius 2 is 1.94 bits per heavy atom. The fraction of sp³-hybridized carbons (Fsp3) is 0.636. The van der Waals surface area contributed by atoms with E-state index in [1.54, 1.807) is 12.4 Å². The van der Waals surface area contributed by atoms with Gasteiger partial charge in [-0.15, -0.1) is 11.6 Å². The third-order valence-electron chi connectivity index (χ3n) is 2.30. The highest BCUT2D eigenvalue weighted by Crippen LogP contribution is 2.09. The molecule has 1 aromatic rings. The van der Waals surface area contributed by atoms with Crippen molar-refractivity contribution in [2.45, 2.75) is 12.3 Å². The van der Waals surface area contributed by atoms with Crippen LogP contribution in [0.5, 0.6) is 0 Å². The first-order valence-electron chi connectivity index (χ1n) is 5.36. The van der Waals surface area contributed by atoms with Crippen LogP contribution in [-0.2, 0) is 5.88 Å². The number of hydrogen-bond acceptors (Lipinski definition) is 4. The summed E-state index contributed by atoms with van der Waals surface area (Å²) in [7, 11) is 6.18. The first-order valence-corrected chi connectivity index (χ1v) is 5.89. The summed E-state index contributed by atoms with van der Waals surface area (Å²) in [5.41, 5.74) is 0.818. The van der Waals surface area contributed by atoms with E-state index in [1.807, 2.05) is 7.05 Å². The molecule has 0 saturated heterocycles. The van der Waals surface area contributed by atoms with Crippen molar-refractivity contribution in [3.05, 3.63) is 18.1 Å². The Bertz CT molecular complexity index is 317. The van der Waals surface area contributed by atoms with E-state index in [1.165, 1.54) is 0 Å². The van der Waals surface area contributed by atoms with Crippen molar-refractivity contribution in [3.8, 4) is 0 Å². The maximum absolute atomic E-state index is 5.72. The molecule has 0 atom stereocenters. The number of anilines is 1. The lowest BCUT2D eigenvalue weighted by atomic mass is 10.3. The van der Waals surface area contributed by atoms with Crippen molar-refractivity contribution in [2.75, 3.05) is 39.1 Å². The summed E-state index contributed by atoms with van der Waals surface area (Å²) >= 11 is 5.72. The molecule has 0 N–H and O–H groups in total. The van der Waals surface area contributed by atoms with Gasteiger partial charge >= 0.3 is 0 Å². The molecule has 0 unspecified atom stereocenters. The maximum Gasteiger partial charge on any atom is 0.147 e. The van der Waals surface area contributed by atoms with Crippen molar-refractivity contribution in [3.63, 3.8) is 0 Å². The van der Waals surface area contributed by atoms with Crippen molar-refractivity contribution >= 4 is 17.4 Å². The van der Waals surface area contributed by atoms with E-state index in [0.29, 0.717) is 5.88 Å². The summed E-state index contributed by atoms with van der Waals surface area (Å²) in [5, 5.41) is 0. The van der Waals surface area contributed by atoms with Crippen LogP contribution in [0.4, 0.5) is 5.82 Å². The van der Waals surface area contributed by atoms with Gasteiger partial charge in [-0.2, -0.15) is 0 Å². The zero-order chi connectivity index (χ0) is 12.0. The monoisotopic (exact) mass is 242 g/mol. The molecule has 1 aromatic heterocycles. The highest BCUT2D eigenvalue weighted by atomic mass is 35.5. The van der Waals surface area contributed by atoms with Gasteiger partial charge in [0, 0.05) is 19.8 Å². The predicted octanol–water partition coefficient (Wildman–Crippen LogP) is 1.60. The lowest BCUT2D eigenvalue weighted by molar-refractivity contribution is 0.401. The van der Waals surface area contributed by atoms with E-state index in [4.69, 9.17) is 11.6 Å². The van der Waals surface area contributed by atoms with Crippen LogP contribution in [0, 0.1) is 0 Å². The molecule has 0 spiro atoms. The van der Waals surface area contributed by atoms with Crippen molar-refractivity contribution in [1.29, 1.82) is 0 Å². The molecule has 0 aliphatic heterocycles. The smallest absolute Gasteiger partial charge is 0.147 e. The third-order valence-corrected chi connectivity index (χ3v) is 2.57. The second-order valence-electron chi connectivity index (χ2n) is 4.08. The van der Waals surface area contributed by atoms with E-state index in [2.05, 4.69) is 33.9 Å². The molecule has 0 radical (unpaired) electrons. The van der Waals surface area contributed by atoms with Gasteiger partial charge in [0.15, 0.2) is 0 Å². The van der Waals surface area contributed by atoms with Gasteiger partial charge in [-0.1, -0.05) is 0 Å². The molecular weight excluding hydrogens is 224 g/mol. The largest absolute Gasteiger partial charge is 0.358 e. The van der Waals surface area contributed by atoms with Gasteiger partial charge in [0.25, 0.3) is 0 Å². The summed E-state index contributed by atoms with van der Waals surface area (Å²) < 4.78 is 0. The van der Waals surface area contributed by atoms with Gasteiger partial charge in [0.05, 0.1) is 17.8 Å². The molecule has 0 aliphatic rings. The highest BCUT2D eigenvalue weighted by Gasteiger charge is 2.04. The minimum Gasteiger partial charge on any atom is -0.358 e. The van der Waals surface area contributed by atoms with Crippen LogP contribution in [0.3, 0.4) is 0 Å². The molecule has 16 heavy (non-hydrogen) atoms. The van der Waals surface area contributed by atoms with Gasteiger partial charge in [-0.25, -0.2) is 4.98 Å². The molecule has 1 rings (SSSR count). The van der Waals surface area contributed by atoms with Gasteiger partial charge in [0.1, 0.15) is 5.82 Å². The third kappa shape index (κ3) is 4.33. The zero-order valence-corrected chi connectivity index (χ0v) is 10.9. The Labute approximate surface area is 102 Å². The predicted molar refractivity (Wildman–Crippen MR) is 68.0 cm³/mol. The summed E-state index contributed by atoms with van der Waals surface area (Å²) in [5.74, 6) is 1.30. The fourth-order valence-corrected chi connectivity index (χ4v) is 1.51. The maximum atomic E-state index is 5.72. The molecule has 0 fully saturated rings. The first kappa shape index (κ1) is 13.2. The molecule has 0 aromatic carbocycles. The Balaban J connectivity index is 2.48. The molecule has 0 bridgehead atoms. The number of rotatable bonds is 6. The number of hydrogen-bond donors (Lipinski definition) is 0. The van der Waals surface area contributed by atoms with Crippen molar-refractivity contribution in [2.24, 2.45) is 0 Å². The topological polar surface area (TPSA) is 32.3 Å². The van der Waals surface area contributed by atoms with Crippen LogP contribution in [0.1, 0.15) is 12.1 Å². The molecule has 0 amide bonds. The lowest BCUT2D eigenvalue weighted by Crippen LogP contribution is -2.24. The number of nitrogens with zero attached hydrogens (tertiary/aromatic N) is 4. The molecule has 0 aliphatic carbocycles. The average Bonchev–Trinajstić information content (AvgIpc) is 2.28. The van der Waals surface area contributed by atoms with Crippen LogP contribution >= 0.6 is 11.6 Å². The summed E-state index contributed by atoms with van der Waals surface area (Å²) in [6.07, 6.45) is 4.58. The summed E-state index contributed by atoms with van der Waals surface area (Å²) in [6, 6.07) is 0. The molecular formula is C11H19ClN4. The second kappa shape index (κ2) is 6.66. The Morgan fingerprint density at radius 1 is 1.19 bits per heavy atom. The van der Waals surface area contributed by atoms with E-state index in [-0.39, 0.29) is 0 Å². The van der Waals surface area contributed by atoms with Crippen molar-refractivity contribution in [1.82, 2.24) is 14.9 Å². The minimum atomic E-state index is 0.409. The molecule has 0 saturated carbocycles. The molecule has 5 heteroatoms. The van der Waals surface area contributed by atoms with Gasteiger partial charge < -0.3 is 9.80 Å². The van der Waals surface area contributed by atoms with E-state index >= 15 is 0 Å². The Morgan fingerprint density at radius 3 is 2.56 bits per heavy atom. The van der Waals surface area contributed by atoms with Crippen LogP contribution in [0.2, 0.25) is 0 Å². The van der Waals surface area contributed by atoms with E-state index in [0.717, 1.165) is 31.0 Å². The minimum absolute atomic E-state index is 0.409. The normalized spacial score (nSPS) is 10.8. The lowest BCUT2D eigenvalue weighted by Gasteiger charge is -2.19. The van der Waals surface area contributed by atoms with Crippen LogP contribution in [-0.4, -0.2) is 49.1 Å². The number of alkyl halides is 1. The Kier molecular flexibility index (Phi) is 5.49. The van der Waals surface area contributed by atoms with Crippen LogP contribution in [0.25, 0.3) is 0 Å². The molecule has 1 heterocycles. The van der Waals surface area contributed by atoms with E-state index in [9.17, 15) is 0 Å². The molecule has 90 valence electrons. The highest BCUT2D eigenvalue weighted by molar-refractivity contribution is 6.16. The summed E-state index contributed by atoms with van der Waals surface area (Å²) in [6.45, 7) is 2.05. The van der Waals surface area contributed by atoms with Crippen molar-refractivity contribution < 1.29 is 0 Å². The summed E-state index contributed by atoms with van der Waals surface area (Å²) in [4.78, 5) is 12.8. The SMILES string of the molecule is CN(C)CCCN(C)c1cncc(CCl)n1. The molecule has 4 nitrogen and oxygen atoms in total. The van der Waals surface area contributed by atoms with Crippen LogP contribution in [0.15, 0.2) is 12.4 Å². The number of halogens is 1. The zero-order valence-electron chi connectivity index (χ0n) is 10.1.